The van der Waals surface area contributed by atoms with E-state index in [0.717, 1.165) is 11.1 Å². The molecule has 1 heterocycles. The fourth-order valence-corrected chi connectivity index (χ4v) is 3.91. The molecule has 2 unspecified atom stereocenters. The second-order valence-corrected chi connectivity index (χ2v) is 8.78. The molecule has 0 bridgehead atoms. The van der Waals surface area contributed by atoms with Crippen LogP contribution in [0.5, 0.6) is 0 Å². The van der Waals surface area contributed by atoms with Gasteiger partial charge in [0.1, 0.15) is 15.7 Å². The Morgan fingerprint density at radius 1 is 1.40 bits per heavy atom. The number of amides is 1. The monoisotopic (exact) mass is 392 g/mol. The van der Waals surface area contributed by atoms with E-state index >= 15 is 0 Å². The van der Waals surface area contributed by atoms with Gasteiger partial charge in [0, 0.05) is 31.8 Å². The van der Waals surface area contributed by atoms with Gasteiger partial charge in [-0.25, -0.2) is 12.8 Å². The van der Waals surface area contributed by atoms with Crippen molar-refractivity contribution in [3.05, 3.63) is 35.1 Å². The van der Waals surface area contributed by atoms with E-state index in [-0.39, 0.29) is 41.8 Å². The second-order valence-electron chi connectivity index (χ2n) is 6.52. The fraction of sp³-hybridized carbons (Fsp3) is 0.588. The summed E-state index contributed by atoms with van der Waals surface area (Å²) in [7, 11) is -1.44. The number of carbonyl (C=O) groups is 1. The lowest BCUT2D eigenvalue weighted by Crippen LogP contribution is -2.43. The molecule has 0 aromatic heterocycles. The summed E-state index contributed by atoms with van der Waals surface area (Å²) in [6, 6.07) is 4.56. The molecule has 5 nitrogen and oxygen atoms in total. The largest absolute Gasteiger partial charge is 0.359 e. The molecular formula is C17H26ClFN2O3S. The third-order valence-corrected chi connectivity index (χ3v) is 5.59. The Morgan fingerprint density at radius 3 is 2.64 bits per heavy atom. The highest BCUT2D eigenvalue weighted by Crippen LogP contribution is 2.35. The SMILES string of the molecule is CNC(=O)C1CCN(CCS(C)(=O)=O)C(c2ccc(F)cc2C)C1.Cl. The van der Waals surface area contributed by atoms with Crippen LogP contribution in [0, 0.1) is 18.7 Å². The number of hydrogen-bond donors (Lipinski definition) is 1. The van der Waals surface area contributed by atoms with Gasteiger partial charge in [0.25, 0.3) is 0 Å². The van der Waals surface area contributed by atoms with Gasteiger partial charge in [0.2, 0.25) is 5.91 Å². The quantitative estimate of drug-likeness (QED) is 0.833. The van der Waals surface area contributed by atoms with E-state index < -0.39 is 9.84 Å². The van der Waals surface area contributed by atoms with Crippen molar-refractivity contribution in [3.8, 4) is 0 Å². The van der Waals surface area contributed by atoms with Crippen molar-refractivity contribution in [3.63, 3.8) is 0 Å². The standard InChI is InChI=1S/C17H25FN2O3S.ClH/c1-12-10-14(18)4-5-15(12)16-11-13(17(21)19-2)6-7-20(16)8-9-24(3,22)23;/h4-5,10,13,16H,6-9,11H2,1-3H3,(H,19,21);1H. The molecule has 1 N–H and O–H groups in total. The molecule has 2 rings (SSSR count). The van der Waals surface area contributed by atoms with Gasteiger partial charge in [-0.05, 0) is 49.6 Å². The van der Waals surface area contributed by atoms with Crippen LogP contribution < -0.4 is 5.32 Å². The number of nitrogens with zero attached hydrogens (tertiary/aromatic N) is 1. The number of rotatable bonds is 5. The van der Waals surface area contributed by atoms with Crippen LogP contribution >= 0.6 is 12.4 Å². The van der Waals surface area contributed by atoms with Gasteiger partial charge in [0.15, 0.2) is 0 Å². The molecule has 0 radical (unpaired) electrons. The highest BCUT2D eigenvalue weighted by atomic mass is 35.5. The summed E-state index contributed by atoms with van der Waals surface area (Å²) in [5, 5.41) is 2.69. The number of benzene rings is 1. The van der Waals surface area contributed by atoms with Gasteiger partial charge in [0.05, 0.1) is 5.75 Å². The summed E-state index contributed by atoms with van der Waals surface area (Å²) in [5.74, 6) is -0.326. The summed E-state index contributed by atoms with van der Waals surface area (Å²) in [4.78, 5) is 14.1. The van der Waals surface area contributed by atoms with Gasteiger partial charge in [-0.15, -0.1) is 12.4 Å². The van der Waals surface area contributed by atoms with E-state index in [2.05, 4.69) is 10.2 Å². The lowest BCUT2D eigenvalue weighted by molar-refractivity contribution is -0.126. The Balaban J connectivity index is 0.00000312. The Kier molecular flexibility index (Phi) is 7.84. The molecule has 1 fully saturated rings. The first kappa shape index (κ1) is 21.9. The lowest BCUT2D eigenvalue weighted by Gasteiger charge is -2.39. The summed E-state index contributed by atoms with van der Waals surface area (Å²) < 4.78 is 36.4. The summed E-state index contributed by atoms with van der Waals surface area (Å²) in [5.41, 5.74) is 1.78. The maximum Gasteiger partial charge on any atom is 0.222 e. The van der Waals surface area contributed by atoms with E-state index in [9.17, 15) is 17.6 Å². The van der Waals surface area contributed by atoms with E-state index in [1.165, 1.54) is 18.4 Å². The number of likely N-dealkylation sites (tertiary alicyclic amines) is 1. The van der Waals surface area contributed by atoms with Gasteiger partial charge < -0.3 is 5.32 Å². The lowest BCUT2D eigenvalue weighted by atomic mass is 9.85. The molecule has 0 spiro atoms. The molecule has 25 heavy (non-hydrogen) atoms. The predicted molar refractivity (Wildman–Crippen MR) is 99.2 cm³/mol. The number of halogens is 2. The van der Waals surface area contributed by atoms with Crippen molar-refractivity contribution in [2.24, 2.45) is 5.92 Å². The maximum absolute atomic E-state index is 13.4. The van der Waals surface area contributed by atoms with Crippen molar-refractivity contribution in [1.29, 1.82) is 0 Å². The van der Waals surface area contributed by atoms with Crippen LogP contribution in [0.25, 0.3) is 0 Å². The third kappa shape index (κ3) is 5.94. The van der Waals surface area contributed by atoms with Gasteiger partial charge in [-0.2, -0.15) is 0 Å². The second kappa shape index (κ2) is 8.96. The number of carbonyl (C=O) groups excluding carboxylic acids is 1. The van der Waals surface area contributed by atoms with Crippen molar-refractivity contribution >= 4 is 28.2 Å². The molecule has 1 aromatic carbocycles. The van der Waals surface area contributed by atoms with E-state index in [1.807, 2.05) is 6.92 Å². The maximum atomic E-state index is 13.4. The number of hydrogen-bond acceptors (Lipinski definition) is 4. The minimum atomic E-state index is -3.06. The topological polar surface area (TPSA) is 66.5 Å². The number of nitrogens with one attached hydrogen (secondary N) is 1. The molecule has 1 saturated heterocycles. The smallest absolute Gasteiger partial charge is 0.222 e. The normalized spacial score (nSPS) is 21.4. The average molecular weight is 393 g/mol. The average Bonchev–Trinajstić information content (AvgIpc) is 2.51. The minimum absolute atomic E-state index is 0. The molecule has 1 amide bonds. The molecule has 0 aliphatic carbocycles. The van der Waals surface area contributed by atoms with Crippen molar-refractivity contribution in [2.45, 2.75) is 25.8 Å². The van der Waals surface area contributed by atoms with Gasteiger partial charge in [-0.1, -0.05) is 6.07 Å². The number of sulfone groups is 1. The van der Waals surface area contributed by atoms with Crippen molar-refractivity contribution < 1.29 is 17.6 Å². The summed E-state index contributed by atoms with van der Waals surface area (Å²) in [6.07, 6.45) is 2.53. The van der Waals surface area contributed by atoms with E-state index in [4.69, 9.17) is 0 Å². The first-order valence-corrected chi connectivity index (χ1v) is 10.2. The molecular weight excluding hydrogens is 367 g/mol. The van der Waals surface area contributed by atoms with Gasteiger partial charge >= 0.3 is 0 Å². The Bertz CT molecular complexity index is 712. The highest BCUT2D eigenvalue weighted by Gasteiger charge is 2.33. The van der Waals surface area contributed by atoms with Crippen LogP contribution in [-0.2, 0) is 14.6 Å². The zero-order valence-corrected chi connectivity index (χ0v) is 16.4. The van der Waals surface area contributed by atoms with Crippen LogP contribution in [0.4, 0.5) is 4.39 Å². The number of piperidine rings is 1. The third-order valence-electron chi connectivity index (χ3n) is 4.67. The van der Waals surface area contributed by atoms with Crippen LogP contribution in [-0.4, -0.2) is 51.4 Å². The van der Waals surface area contributed by atoms with Crippen LogP contribution in [0.1, 0.15) is 30.0 Å². The zero-order valence-electron chi connectivity index (χ0n) is 14.8. The van der Waals surface area contributed by atoms with Crippen molar-refractivity contribution in [2.75, 3.05) is 32.1 Å². The molecule has 142 valence electrons. The van der Waals surface area contributed by atoms with Crippen molar-refractivity contribution in [1.82, 2.24) is 10.2 Å². The molecule has 1 aromatic rings. The molecule has 1 aliphatic heterocycles. The van der Waals surface area contributed by atoms with Crippen LogP contribution in [0.2, 0.25) is 0 Å². The minimum Gasteiger partial charge on any atom is -0.359 e. The van der Waals surface area contributed by atoms with E-state index in [0.29, 0.717) is 25.9 Å². The van der Waals surface area contributed by atoms with Crippen LogP contribution in [0.3, 0.4) is 0 Å². The molecule has 2 atom stereocenters. The highest BCUT2D eigenvalue weighted by molar-refractivity contribution is 7.90. The van der Waals surface area contributed by atoms with Gasteiger partial charge in [-0.3, -0.25) is 9.69 Å². The Labute approximate surface area is 155 Å². The first-order valence-electron chi connectivity index (χ1n) is 8.10. The molecule has 8 heteroatoms. The zero-order chi connectivity index (χ0) is 17.9. The molecule has 0 saturated carbocycles. The summed E-state index contributed by atoms with van der Waals surface area (Å²) >= 11 is 0. The molecule has 1 aliphatic rings. The van der Waals surface area contributed by atoms with E-state index in [1.54, 1.807) is 13.1 Å². The number of aryl methyl sites for hydroxylation is 1. The predicted octanol–water partition coefficient (Wildman–Crippen LogP) is 2.10. The fourth-order valence-electron chi connectivity index (χ4n) is 3.34. The summed E-state index contributed by atoms with van der Waals surface area (Å²) in [6.45, 7) is 2.91. The van der Waals surface area contributed by atoms with Crippen LogP contribution in [0.15, 0.2) is 18.2 Å². The Hall–Kier alpha value is -1.18. The Morgan fingerprint density at radius 2 is 2.08 bits per heavy atom. The first-order chi connectivity index (χ1) is 11.2.